The molecule has 1 fully saturated rings. The van der Waals surface area contributed by atoms with E-state index in [9.17, 15) is 14.0 Å². The van der Waals surface area contributed by atoms with Crippen molar-refractivity contribution >= 4 is 17.6 Å². The van der Waals surface area contributed by atoms with E-state index in [2.05, 4.69) is 28.7 Å². The van der Waals surface area contributed by atoms with Gasteiger partial charge in [-0.3, -0.25) is 14.6 Å². The molecule has 2 atom stereocenters. The zero-order valence-electron chi connectivity index (χ0n) is 28.9. The number of esters is 1. The van der Waals surface area contributed by atoms with E-state index >= 15 is 0 Å². The molecular weight excluding hydrogens is 609 g/mol. The Hall–Kier alpha value is -4.34. The van der Waals surface area contributed by atoms with Gasteiger partial charge in [0.1, 0.15) is 11.4 Å². The van der Waals surface area contributed by atoms with Gasteiger partial charge in [-0.05, 0) is 94.5 Å². The number of nitrogens with zero attached hydrogens (tertiary/aromatic N) is 2. The van der Waals surface area contributed by atoms with E-state index in [4.69, 9.17) is 14.2 Å². The minimum Gasteiger partial charge on any atom is -0.460 e. The molecular formula is C39H46FN3O5. The summed E-state index contributed by atoms with van der Waals surface area (Å²) in [6, 6.07) is 19.8. The highest BCUT2D eigenvalue weighted by atomic mass is 19.1. The molecule has 3 heterocycles. The third-order valence-corrected chi connectivity index (χ3v) is 8.09. The number of hydrogen-bond acceptors (Lipinski definition) is 6. The molecule has 0 bridgehead atoms. The molecule has 0 aliphatic carbocycles. The number of rotatable bonds is 10. The largest absolute Gasteiger partial charge is 0.460 e. The molecule has 1 aliphatic heterocycles. The maximum absolute atomic E-state index is 14.3. The van der Waals surface area contributed by atoms with Crippen LogP contribution in [-0.4, -0.2) is 45.0 Å². The Morgan fingerprint density at radius 1 is 1.00 bits per heavy atom. The van der Waals surface area contributed by atoms with E-state index in [1.807, 2.05) is 65.0 Å². The molecule has 4 aromatic rings. The Morgan fingerprint density at radius 2 is 1.69 bits per heavy atom. The third kappa shape index (κ3) is 8.57. The van der Waals surface area contributed by atoms with E-state index < -0.39 is 11.4 Å². The molecule has 1 amide bonds. The number of benzene rings is 2. The van der Waals surface area contributed by atoms with Crippen LogP contribution in [0.5, 0.6) is 0 Å². The average molecular weight is 656 g/mol. The fourth-order valence-electron chi connectivity index (χ4n) is 6.49. The fraction of sp³-hybridized carbons (Fsp3) is 0.410. The highest BCUT2D eigenvalue weighted by molar-refractivity contribution is 6.12. The lowest BCUT2D eigenvalue weighted by Crippen LogP contribution is -2.46. The van der Waals surface area contributed by atoms with Crippen molar-refractivity contribution in [2.24, 2.45) is 0 Å². The molecule has 2 aromatic heterocycles. The van der Waals surface area contributed by atoms with E-state index in [-0.39, 0.29) is 42.2 Å². The topological polar surface area (TPSA) is 91.7 Å². The SMILES string of the molecule is CC(C)c1c(C(=O)Nc2cccnc2)c(-c2ccccc2)c(-c2ccc(F)cc2)n1CCC1CC(CC(=O)OC(C)(C)C)OC(C)(C)O1. The van der Waals surface area contributed by atoms with Crippen LogP contribution < -0.4 is 5.32 Å². The lowest BCUT2D eigenvalue weighted by molar-refractivity contribution is -0.301. The van der Waals surface area contributed by atoms with Crippen LogP contribution in [0.25, 0.3) is 22.4 Å². The smallest absolute Gasteiger partial charge is 0.308 e. The summed E-state index contributed by atoms with van der Waals surface area (Å²) in [6.07, 6.45) is 3.87. The monoisotopic (exact) mass is 655 g/mol. The molecule has 1 aliphatic rings. The summed E-state index contributed by atoms with van der Waals surface area (Å²) in [7, 11) is 0. The van der Waals surface area contributed by atoms with Gasteiger partial charge in [0.25, 0.3) is 5.91 Å². The van der Waals surface area contributed by atoms with Gasteiger partial charge in [0.05, 0.1) is 41.8 Å². The van der Waals surface area contributed by atoms with Crippen molar-refractivity contribution in [3.63, 3.8) is 0 Å². The van der Waals surface area contributed by atoms with Gasteiger partial charge < -0.3 is 24.1 Å². The molecule has 0 radical (unpaired) electrons. The molecule has 48 heavy (non-hydrogen) atoms. The Morgan fingerprint density at radius 3 is 2.31 bits per heavy atom. The van der Waals surface area contributed by atoms with E-state index in [0.717, 1.165) is 28.1 Å². The molecule has 0 saturated carbocycles. The second-order valence-electron chi connectivity index (χ2n) is 14.1. The zero-order chi connectivity index (χ0) is 34.6. The van der Waals surface area contributed by atoms with Gasteiger partial charge in [-0.2, -0.15) is 0 Å². The standard InChI is InChI=1S/C39H46FN3O5/c1-25(2)35-34(37(45)42-29-14-11-20-41-24-29)33(26-12-9-8-10-13-26)36(27-15-17-28(40)18-16-27)43(35)21-19-30-22-31(47-39(6,7)46-30)23-32(44)48-38(3,4)5/h8-18,20,24-25,30-31H,19,21-23H2,1-7H3,(H,42,45). The van der Waals surface area contributed by atoms with Crippen LogP contribution in [0.2, 0.25) is 0 Å². The van der Waals surface area contributed by atoms with Crippen LogP contribution in [-0.2, 0) is 25.5 Å². The predicted octanol–water partition coefficient (Wildman–Crippen LogP) is 8.76. The Balaban J connectivity index is 1.59. The second kappa shape index (κ2) is 14.4. The number of ether oxygens (including phenoxy) is 3. The van der Waals surface area contributed by atoms with Crippen molar-refractivity contribution in [1.29, 1.82) is 0 Å². The number of nitrogens with one attached hydrogen (secondary N) is 1. The van der Waals surface area contributed by atoms with Gasteiger partial charge in [0, 0.05) is 30.4 Å². The third-order valence-electron chi connectivity index (χ3n) is 8.09. The van der Waals surface area contributed by atoms with Crippen molar-refractivity contribution in [3.05, 3.63) is 96.2 Å². The molecule has 1 saturated heterocycles. The van der Waals surface area contributed by atoms with Gasteiger partial charge >= 0.3 is 5.97 Å². The summed E-state index contributed by atoms with van der Waals surface area (Å²) in [5, 5.41) is 3.06. The Kier molecular flexibility index (Phi) is 10.5. The highest BCUT2D eigenvalue weighted by Crippen LogP contribution is 2.43. The first-order chi connectivity index (χ1) is 22.7. The fourth-order valence-corrected chi connectivity index (χ4v) is 6.49. The summed E-state index contributed by atoms with van der Waals surface area (Å²) < 4.78 is 34.6. The zero-order valence-corrected chi connectivity index (χ0v) is 28.9. The van der Waals surface area contributed by atoms with Crippen molar-refractivity contribution in [2.75, 3.05) is 5.32 Å². The maximum Gasteiger partial charge on any atom is 0.308 e. The highest BCUT2D eigenvalue weighted by Gasteiger charge is 2.38. The van der Waals surface area contributed by atoms with E-state index in [1.165, 1.54) is 12.1 Å². The van der Waals surface area contributed by atoms with Crippen LogP contribution in [0.15, 0.2) is 79.1 Å². The van der Waals surface area contributed by atoms with E-state index in [1.54, 1.807) is 36.7 Å². The number of aromatic nitrogens is 2. The number of carbonyl (C=O) groups excluding carboxylic acids is 2. The number of hydrogen-bond donors (Lipinski definition) is 1. The molecule has 8 nitrogen and oxygen atoms in total. The van der Waals surface area contributed by atoms with Crippen LogP contribution in [0.4, 0.5) is 10.1 Å². The summed E-state index contributed by atoms with van der Waals surface area (Å²) in [5.74, 6) is -1.87. The predicted molar refractivity (Wildman–Crippen MR) is 185 cm³/mol. The lowest BCUT2D eigenvalue weighted by Gasteiger charge is -2.41. The first-order valence-electron chi connectivity index (χ1n) is 16.6. The van der Waals surface area contributed by atoms with Crippen molar-refractivity contribution in [1.82, 2.24) is 9.55 Å². The molecule has 1 N–H and O–H groups in total. The van der Waals surface area contributed by atoms with Crippen molar-refractivity contribution in [2.45, 2.75) is 104 Å². The lowest BCUT2D eigenvalue weighted by atomic mass is 9.94. The first-order valence-corrected chi connectivity index (χ1v) is 16.6. The van der Waals surface area contributed by atoms with Crippen LogP contribution in [0.3, 0.4) is 0 Å². The average Bonchev–Trinajstić information content (AvgIpc) is 3.35. The second-order valence-corrected chi connectivity index (χ2v) is 14.1. The van der Waals surface area contributed by atoms with Crippen molar-refractivity contribution < 1.29 is 28.2 Å². The minimum absolute atomic E-state index is 0.0525. The summed E-state index contributed by atoms with van der Waals surface area (Å²) in [5.41, 5.74) is 4.64. The number of carbonyl (C=O) groups is 2. The quantitative estimate of drug-likeness (QED) is 0.172. The van der Waals surface area contributed by atoms with Crippen LogP contribution in [0, 0.1) is 5.82 Å². The number of anilines is 1. The normalized spacial score (nSPS) is 17.7. The van der Waals surface area contributed by atoms with Crippen molar-refractivity contribution in [3.8, 4) is 22.4 Å². The molecule has 5 rings (SSSR count). The number of amides is 1. The Labute approximate surface area is 282 Å². The molecule has 9 heteroatoms. The van der Waals surface area contributed by atoms with Gasteiger partial charge in [-0.25, -0.2) is 4.39 Å². The summed E-state index contributed by atoms with van der Waals surface area (Å²) >= 11 is 0. The maximum atomic E-state index is 14.3. The molecule has 2 aromatic carbocycles. The van der Waals surface area contributed by atoms with Gasteiger partial charge in [0.15, 0.2) is 5.79 Å². The van der Waals surface area contributed by atoms with Crippen LogP contribution in [0.1, 0.15) is 89.7 Å². The summed E-state index contributed by atoms with van der Waals surface area (Å²) in [6.45, 7) is 13.9. The number of pyridine rings is 1. The molecule has 0 spiro atoms. The van der Waals surface area contributed by atoms with Crippen LogP contribution >= 0.6 is 0 Å². The first kappa shape index (κ1) is 35.0. The van der Waals surface area contributed by atoms with Gasteiger partial charge in [-0.1, -0.05) is 44.2 Å². The van der Waals surface area contributed by atoms with Gasteiger partial charge in [0.2, 0.25) is 0 Å². The Bertz CT molecular complexity index is 1710. The molecule has 2 unspecified atom stereocenters. The molecule has 254 valence electrons. The van der Waals surface area contributed by atoms with Gasteiger partial charge in [-0.15, -0.1) is 0 Å². The number of halogens is 1. The summed E-state index contributed by atoms with van der Waals surface area (Å²) in [4.78, 5) is 31.2. The van der Waals surface area contributed by atoms with E-state index in [0.29, 0.717) is 30.6 Å². The minimum atomic E-state index is -0.906.